The number of hydrogen-bond acceptors (Lipinski definition) is 5. The third-order valence-electron chi connectivity index (χ3n) is 3.13. The molecule has 1 aliphatic rings. The average molecular weight is 286 g/mol. The van der Waals surface area contributed by atoms with E-state index in [-0.39, 0.29) is 18.0 Å². The maximum absolute atomic E-state index is 12.0. The number of nitrogens with two attached hydrogens (primary N) is 1. The average Bonchev–Trinajstić information content (AvgIpc) is 2.68. The van der Waals surface area contributed by atoms with Crippen LogP contribution in [-0.2, 0) is 14.8 Å². The van der Waals surface area contributed by atoms with Gasteiger partial charge < -0.3 is 15.6 Å². The first kappa shape index (κ1) is 14.4. The molecule has 0 saturated carbocycles. The number of rotatable bonds is 4. The van der Waals surface area contributed by atoms with Crippen LogP contribution in [0, 0.1) is 6.92 Å². The SMILES string of the molecule is Cc1ccc(S(=O)(=O)NCC2OCC(N)C2O)cc1. The molecule has 0 amide bonds. The molecule has 4 N–H and O–H groups in total. The third kappa shape index (κ3) is 3.31. The van der Waals surface area contributed by atoms with Crippen LogP contribution in [0.25, 0.3) is 0 Å². The van der Waals surface area contributed by atoms with Gasteiger partial charge in [0.15, 0.2) is 0 Å². The Morgan fingerprint density at radius 1 is 1.42 bits per heavy atom. The molecular weight excluding hydrogens is 268 g/mol. The van der Waals surface area contributed by atoms with Crippen molar-refractivity contribution in [2.24, 2.45) is 5.73 Å². The predicted molar refractivity (Wildman–Crippen MR) is 70.1 cm³/mol. The second kappa shape index (κ2) is 5.56. The van der Waals surface area contributed by atoms with Crippen molar-refractivity contribution in [3.8, 4) is 0 Å². The Balaban J connectivity index is 2.00. The van der Waals surface area contributed by atoms with E-state index in [9.17, 15) is 13.5 Å². The number of aryl methyl sites for hydroxylation is 1. The molecule has 0 aromatic heterocycles. The minimum Gasteiger partial charge on any atom is -0.389 e. The zero-order chi connectivity index (χ0) is 14.0. The largest absolute Gasteiger partial charge is 0.389 e. The van der Waals surface area contributed by atoms with Crippen LogP contribution in [0.3, 0.4) is 0 Å². The molecule has 0 bridgehead atoms. The molecule has 0 aliphatic carbocycles. The van der Waals surface area contributed by atoms with E-state index in [0.717, 1.165) is 5.56 Å². The van der Waals surface area contributed by atoms with Crippen LogP contribution in [0.1, 0.15) is 5.56 Å². The van der Waals surface area contributed by atoms with Gasteiger partial charge in [0, 0.05) is 6.54 Å². The summed E-state index contributed by atoms with van der Waals surface area (Å²) >= 11 is 0. The fourth-order valence-electron chi connectivity index (χ4n) is 1.88. The monoisotopic (exact) mass is 286 g/mol. The molecule has 1 fully saturated rings. The molecule has 2 rings (SSSR count). The van der Waals surface area contributed by atoms with E-state index in [1.807, 2.05) is 6.92 Å². The molecule has 1 heterocycles. The van der Waals surface area contributed by atoms with E-state index in [1.54, 1.807) is 12.1 Å². The minimum atomic E-state index is -3.59. The van der Waals surface area contributed by atoms with Crippen LogP contribution in [-0.4, -0.2) is 44.9 Å². The number of aliphatic hydroxyl groups excluding tert-OH is 1. The maximum Gasteiger partial charge on any atom is 0.240 e. The van der Waals surface area contributed by atoms with Gasteiger partial charge in [-0.1, -0.05) is 17.7 Å². The molecule has 7 heteroatoms. The topological polar surface area (TPSA) is 102 Å². The van der Waals surface area contributed by atoms with Gasteiger partial charge in [0.25, 0.3) is 0 Å². The number of benzene rings is 1. The highest BCUT2D eigenvalue weighted by Crippen LogP contribution is 2.14. The van der Waals surface area contributed by atoms with E-state index in [0.29, 0.717) is 0 Å². The third-order valence-corrected chi connectivity index (χ3v) is 4.57. The molecule has 0 spiro atoms. The van der Waals surface area contributed by atoms with Crippen molar-refractivity contribution in [1.29, 1.82) is 0 Å². The van der Waals surface area contributed by atoms with Crippen molar-refractivity contribution in [2.45, 2.75) is 30.1 Å². The molecule has 6 nitrogen and oxygen atoms in total. The summed E-state index contributed by atoms with van der Waals surface area (Å²) < 4.78 is 31.7. The second-order valence-corrected chi connectivity index (χ2v) is 6.46. The summed E-state index contributed by atoms with van der Waals surface area (Å²) in [6, 6.07) is 6.07. The Hall–Kier alpha value is -0.990. The quantitative estimate of drug-likeness (QED) is 0.683. The highest BCUT2D eigenvalue weighted by atomic mass is 32.2. The fourth-order valence-corrected chi connectivity index (χ4v) is 2.92. The fraction of sp³-hybridized carbons (Fsp3) is 0.500. The van der Waals surface area contributed by atoms with Crippen LogP contribution in [0.15, 0.2) is 29.2 Å². The van der Waals surface area contributed by atoms with Crippen molar-refractivity contribution in [3.05, 3.63) is 29.8 Å². The lowest BCUT2D eigenvalue weighted by Gasteiger charge is -2.16. The van der Waals surface area contributed by atoms with Gasteiger partial charge in [-0.25, -0.2) is 13.1 Å². The Morgan fingerprint density at radius 3 is 2.58 bits per heavy atom. The number of aliphatic hydroxyl groups is 1. The van der Waals surface area contributed by atoms with Gasteiger partial charge in [-0.05, 0) is 19.1 Å². The standard InChI is InChI=1S/C12H18N2O4S/c1-8-2-4-9(5-3-8)19(16,17)14-6-11-12(15)10(13)7-18-11/h2-5,10-12,14-15H,6-7,13H2,1H3. The van der Waals surface area contributed by atoms with Gasteiger partial charge in [0.05, 0.1) is 29.8 Å². The lowest BCUT2D eigenvalue weighted by molar-refractivity contribution is 0.0453. The number of sulfonamides is 1. The molecule has 0 radical (unpaired) electrons. The Kier molecular flexibility index (Phi) is 4.22. The highest BCUT2D eigenvalue weighted by molar-refractivity contribution is 7.89. The van der Waals surface area contributed by atoms with E-state index in [2.05, 4.69) is 4.72 Å². The van der Waals surface area contributed by atoms with Crippen molar-refractivity contribution < 1.29 is 18.3 Å². The van der Waals surface area contributed by atoms with E-state index < -0.39 is 28.3 Å². The van der Waals surface area contributed by atoms with Crippen LogP contribution in [0.4, 0.5) is 0 Å². The van der Waals surface area contributed by atoms with Gasteiger partial charge in [0.2, 0.25) is 10.0 Å². The number of hydrogen-bond donors (Lipinski definition) is 3. The summed E-state index contributed by atoms with van der Waals surface area (Å²) in [5.74, 6) is 0. The van der Waals surface area contributed by atoms with E-state index in [1.165, 1.54) is 12.1 Å². The van der Waals surface area contributed by atoms with Gasteiger partial charge in [-0.2, -0.15) is 0 Å². The van der Waals surface area contributed by atoms with Gasteiger partial charge in [-0.3, -0.25) is 0 Å². The summed E-state index contributed by atoms with van der Waals surface area (Å²) in [4.78, 5) is 0.190. The highest BCUT2D eigenvalue weighted by Gasteiger charge is 2.34. The van der Waals surface area contributed by atoms with Crippen LogP contribution in [0.5, 0.6) is 0 Å². The Labute approximate surface area is 112 Å². The summed E-state index contributed by atoms with van der Waals surface area (Å²) in [7, 11) is -3.59. The van der Waals surface area contributed by atoms with Crippen molar-refractivity contribution in [3.63, 3.8) is 0 Å². The van der Waals surface area contributed by atoms with E-state index >= 15 is 0 Å². The maximum atomic E-state index is 12.0. The Morgan fingerprint density at radius 2 is 2.05 bits per heavy atom. The summed E-state index contributed by atoms with van der Waals surface area (Å²) in [5.41, 5.74) is 6.57. The summed E-state index contributed by atoms with van der Waals surface area (Å²) in [5, 5.41) is 9.68. The first-order valence-electron chi connectivity index (χ1n) is 6.02. The van der Waals surface area contributed by atoms with Crippen molar-refractivity contribution in [1.82, 2.24) is 4.72 Å². The first-order chi connectivity index (χ1) is 8.90. The van der Waals surface area contributed by atoms with Crippen LogP contribution in [0.2, 0.25) is 0 Å². The molecule has 1 aliphatic heterocycles. The van der Waals surface area contributed by atoms with Gasteiger partial charge >= 0.3 is 0 Å². The lowest BCUT2D eigenvalue weighted by Crippen LogP contribution is -2.42. The second-order valence-electron chi connectivity index (χ2n) is 4.69. The van der Waals surface area contributed by atoms with Crippen molar-refractivity contribution >= 4 is 10.0 Å². The van der Waals surface area contributed by atoms with Gasteiger partial charge in [0.1, 0.15) is 0 Å². The summed E-state index contributed by atoms with van der Waals surface area (Å²) in [6.45, 7) is 2.12. The molecule has 19 heavy (non-hydrogen) atoms. The minimum absolute atomic E-state index is 0.00504. The zero-order valence-corrected chi connectivity index (χ0v) is 11.4. The zero-order valence-electron chi connectivity index (χ0n) is 10.6. The molecule has 3 atom stereocenters. The molecular formula is C12H18N2O4S. The molecule has 1 aromatic carbocycles. The number of ether oxygens (including phenoxy) is 1. The van der Waals surface area contributed by atoms with Crippen molar-refractivity contribution in [2.75, 3.05) is 13.2 Å². The normalized spacial score (nSPS) is 27.6. The van der Waals surface area contributed by atoms with Crippen LogP contribution < -0.4 is 10.5 Å². The van der Waals surface area contributed by atoms with Crippen LogP contribution >= 0.6 is 0 Å². The lowest BCUT2D eigenvalue weighted by atomic mass is 10.1. The first-order valence-corrected chi connectivity index (χ1v) is 7.50. The van der Waals surface area contributed by atoms with E-state index in [4.69, 9.17) is 10.5 Å². The molecule has 106 valence electrons. The molecule has 1 aromatic rings. The summed E-state index contributed by atoms with van der Waals surface area (Å²) in [6.07, 6.45) is -1.45. The molecule has 3 unspecified atom stereocenters. The molecule has 1 saturated heterocycles. The smallest absolute Gasteiger partial charge is 0.240 e. The van der Waals surface area contributed by atoms with Gasteiger partial charge in [-0.15, -0.1) is 0 Å². The predicted octanol–water partition coefficient (Wildman–Crippen LogP) is -0.640. The Bertz CT molecular complexity index is 529. The number of nitrogens with one attached hydrogen (secondary N) is 1.